The first-order valence-corrected chi connectivity index (χ1v) is 7.16. The summed E-state index contributed by atoms with van der Waals surface area (Å²) in [7, 11) is -5.74. The van der Waals surface area contributed by atoms with Crippen LogP contribution >= 0.6 is 0 Å². The van der Waals surface area contributed by atoms with E-state index in [4.69, 9.17) is 0 Å². The summed E-state index contributed by atoms with van der Waals surface area (Å²) in [6.45, 7) is 1.37. The van der Waals surface area contributed by atoms with Crippen molar-refractivity contribution in [2.24, 2.45) is 5.16 Å². The topological polar surface area (TPSA) is 55.7 Å². The molecular weight excluding hydrogens is 307 g/mol. The number of oxime groups is 1. The highest BCUT2D eigenvalue weighted by molar-refractivity contribution is 7.87. The Balaban J connectivity index is 2.39. The average Bonchev–Trinajstić information content (AvgIpc) is 2.43. The standard InChI is InChI=1S/C13H10F3NO3S/c1-9(17-20-21(18,19)13(14,15)16)11-8-4-6-10-5-2-3-7-12(10)11/h2-8H,1H3. The minimum Gasteiger partial charge on any atom is -0.262 e. The minimum absolute atomic E-state index is 0.0274. The van der Waals surface area contributed by atoms with Crippen LogP contribution in [0.3, 0.4) is 0 Å². The summed E-state index contributed by atoms with van der Waals surface area (Å²) in [5.41, 5.74) is -4.99. The maximum absolute atomic E-state index is 12.2. The molecule has 0 unspecified atom stereocenters. The molecule has 2 rings (SSSR count). The normalized spacial score (nSPS) is 13.4. The second kappa shape index (κ2) is 5.36. The molecule has 0 amide bonds. The number of hydrogen-bond acceptors (Lipinski definition) is 4. The number of hydrogen-bond donors (Lipinski definition) is 0. The molecule has 0 saturated carbocycles. The van der Waals surface area contributed by atoms with E-state index in [2.05, 4.69) is 9.44 Å². The largest absolute Gasteiger partial charge is 0.536 e. The van der Waals surface area contributed by atoms with Crippen molar-refractivity contribution in [3.63, 3.8) is 0 Å². The third-order valence-corrected chi connectivity index (χ3v) is 3.57. The Morgan fingerprint density at radius 1 is 1.10 bits per heavy atom. The molecule has 0 spiro atoms. The summed E-state index contributed by atoms with van der Waals surface area (Å²) in [4.78, 5) is 0. The van der Waals surface area contributed by atoms with Crippen molar-refractivity contribution in [2.45, 2.75) is 12.4 Å². The molecule has 0 N–H and O–H groups in total. The van der Waals surface area contributed by atoms with Gasteiger partial charge in [0, 0.05) is 5.56 Å². The lowest BCUT2D eigenvalue weighted by molar-refractivity contribution is -0.0540. The van der Waals surface area contributed by atoms with Gasteiger partial charge in [0.15, 0.2) is 0 Å². The molecule has 0 aliphatic heterocycles. The van der Waals surface area contributed by atoms with Crippen LogP contribution in [0.25, 0.3) is 10.8 Å². The molecule has 0 radical (unpaired) electrons. The minimum atomic E-state index is -5.74. The molecule has 2 aromatic carbocycles. The van der Waals surface area contributed by atoms with Crippen molar-refractivity contribution in [1.82, 2.24) is 0 Å². The number of halogens is 3. The van der Waals surface area contributed by atoms with E-state index in [-0.39, 0.29) is 5.71 Å². The van der Waals surface area contributed by atoms with Gasteiger partial charge >= 0.3 is 15.6 Å². The highest BCUT2D eigenvalue weighted by Gasteiger charge is 2.49. The summed E-state index contributed by atoms with van der Waals surface area (Å²) < 4.78 is 61.8. The lowest BCUT2D eigenvalue weighted by atomic mass is 10.0. The Bertz CT molecular complexity index is 792. The van der Waals surface area contributed by atoms with Gasteiger partial charge in [-0.25, -0.2) is 0 Å². The van der Waals surface area contributed by atoms with Gasteiger partial charge in [0.2, 0.25) is 0 Å². The second-order valence-electron chi connectivity index (χ2n) is 4.18. The van der Waals surface area contributed by atoms with Gasteiger partial charge in [-0.3, -0.25) is 4.28 Å². The van der Waals surface area contributed by atoms with Gasteiger partial charge in [-0.15, -0.1) is 0 Å². The first-order valence-electron chi connectivity index (χ1n) is 5.75. The van der Waals surface area contributed by atoms with Crippen LogP contribution in [0.2, 0.25) is 0 Å². The van der Waals surface area contributed by atoms with Crippen molar-refractivity contribution < 1.29 is 25.9 Å². The molecular formula is C13H10F3NO3S. The van der Waals surface area contributed by atoms with E-state index in [9.17, 15) is 21.6 Å². The average molecular weight is 317 g/mol. The molecule has 0 aromatic heterocycles. The molecule has 0 saturated heterocycles. The van der Waals surface area contributed by atoms with Gasteiger partial charge in [-0.05, 0) is 17.7 Å². The fraction of sp³-hybridized carbons (Fsp3) is 0.154. The smallest absolute Gasteiger partial charge is 0.262 e. The van der Waals surface area contributed by atoms with E-state index in [0.717, 1.165) is 10.8 Å². The Kier molecular flexibility index (Phi) is 3.91. The summed E-state index contributed by atoms with van der Waals surface area (Å²) in [6, 6.07) is 12.3. The number of rotatable bonds is 3. The van der Waals surface area contributed by atoms with E-state index in [1.807, 2.05) is 18.2 Å². The maximum Gasteiger partial charge on any atom is 0.536 e. The van der Waals surface area contributed by atoms with Gasteiger partial charge in [-0.2, -0.15) is 21.6 Å². The van der Waals surface area contributed by atoms with Gasteiger partial charge < -0.3 is 0 Å². The summed E-state index contributed by atoms with van der Waals surface area (Å²) in [6.07, 6.45) is 0. The van der Waals surface area contributed by atoms with Crippen LogP contribution in [0.4, 0.5) is 13.2 Å². The number of benzene rings is 2. The lowest BCUT2D eigenvalue weighted by Gasteiger charge is -2.07. The Morgan fingerprint density at radius 2 is 1.71 bits per heavy atom. The molecule has 0 bridgehead atoms. The third-order valence-electron chi connectivity index (χ3n) is 2.74. The van der Waals surface area contributed by atoms with Crippen LogP contribution in [0.15, 0.2) is 47.6 Å². The molecule has 112 valence electrons. The first-order chi connectivity index (χ1) is 9.72. The molecule has 2 aromatic rings. The van der Waals surface area contributed by atoms with Crippen LogP contribution in [-0.2, 0) is 14.4 Å². The molecule has 21 heavy (non-hydrogen) atoms. The van der Waals surface area contributed by atoms with Crippen LogP contribution in [-0.4, -0.2) is 19.6 Å². The van der Waals surface area contributed by atoms with Crippen LogP contribution in [0.5, 0.6) is 0 Å². The molecule has 4 nitrogen and oxygen atoms in total. The molecule has 0 heterocycles. The van der Waals surface area contributed by atoms with E-state index in [1.54, 1.807) is 24.3 Å². The van der Waals surface area contributed by atoms with Gasteiger partial charge in [0.05, 0.1) is 5.71 Å². The molecule has 0 fully saturated rings. The van der Waals surface area contributed by atoms with Crippen molar-refractivity contribution in [3.8, 4) is 0 Å². The SMILES string of the molecule is CC(=NOS(=O)(=O)C(F)(F)F)c1cccc2ccccc12. The number of fused-ring (bicyclic) bond motifs is 1. The summed E-state index contributed by atoms with van der Waals surface area (Å²) >= 11 is 0. The predicted molar refractivity (Wildman–Crippen MR) is 72.2 cm³/mol. The summed E-state index contributed by atoms with van der Waals surface area (Å²) in [5.74, 6) is 0. The maximum atomic E-state index is 12.2. The highest BCUT2D eigenvalue weighted by Crippen LogP contribution is 2.25. The number of alkyl halides is 3. The first kappa shape index (κ1) is 15.3. The molecule has 8 heteroatoms. The van der Waals surface area contributed by atoms with Crippen molar-refractivity contribution in [1.29, 1.82) is 0 Å². The van der Waals surface area contributed by atoms with E-state index < -0.39 is 15.6 Å². The zero-order valence-corrected chi connectivity index (χ0v) is 11.6. The fourth-order valence-electron chi connectivity index (χ4n) is 1.74. The van der Waals surface area contributed by atoms with E-state index >= 15 is 0 Å². The Morgan fingerprint density at radius 3 is 2.38 bits per heavy atom. The molecule has 0 aliphatic carbocycles. The van der Waals surface area contributed by atoms with E-state index in [1.165, 1.54) is 6.92 Å². The van der Waals surface area contributed by atoms with Crippen LogP contribution in [0.1, 0.15) is 12.5 Å². The predicted octanol–water partition coefficient (Wildman–Crippen LogP) is 3.43. The number of nitrogens with zero attached hydrogens (tertiary/aromatic N) is 1. The fourth-order valence-corrected chi connectivity index (χ4v) is 2.03. The quantitative estimate of drug-likeness (QED) is 0.495. The Hall–Kier alpha value is -2.09. The van der Waals surface area contributed by atoms with Crippen molar-refractivity contribution in [2.75, 3.05) is 0 Å². The molecule has 0 aliphatic rings. The zero-order chi connectivity index (χ0) is 15.7. The van der Waals surface area contributed by atoms with Gasteiger partial charge in [-0.1, -0.05) is 47.6 Å². The zero-order valence-electron chi connectivity index (χ0n) is 10.8. The third kappa shape index (κ3) is 3.15. The van der Waals surface area contributed by atoms with Gasteiger partial charge in [0.1, 0.15) is 0 Å². The van der Waals surface area contributed by atoms with Crippen molar-refractivity contribution >= 4 is 26.6 Å². The highest BCUT2D eigenvalue weighted by atomic mass is 32.2. The monoisotopic (exact) mass is 317 g/mol. The Labute approximate surface area is 119 Å². The van der Waals surface area contributed by atoms with E-state index in [0.29, 0.717) is 5.56 Å². The van der Waals surface area contributed by atoms with Gasteiger partial charge in [0.25, 0.3) is 0 Å². The summed E-state index contributed by atoms with van der Waals surface area (Å²) in [5, 5.41) is 4.67. The molecule has 0 atom stereocenters. The van der Waals surface area contributed by atoms with Crippen molar-refractivity contribution in [3.05, 3.63) is 48.0 Å². The van der Waals surface area contributed by atoms with Crippen LogP contribution < -0.4 is 0 Å². The van der Waals surface area contributed by atoms with Crippen LogP contribution in [0, 0.1) is 0 Å². The second-order valence-corrected chi connectivity index (χ2v) is 5.70. The lowest BCUT2D eigenvalue weighted by Crippen LogP contribution is -2.24.